The second kappa shape index (κ2) is 5.16. The smallest absolute Gasteiger partial charge is 0.244 e. The van der Waals surface area contributed by atoms with Crippen LogP contribution in [0.4, 0.5) is 0 Å². The molecule has 0 unspecified atom stereocenters. The highest BCUT2D eigenvalue weighted by Gasteiger charge is 2.51. The van der Waals surface area contributed by atoms with Gasteiger partial charge in [0.25, 0.3) is 0 Å². The van der Waals surface area contributed by atoms with E-state index < -0.39 is 5.41 Å². The molecule has 1 aromatic carbocycles. The normalized spacial score (nSPS) is 16.2. The number of hydrazine groups is 1. The number of rotatable bonds is 5. The fraction of sp³-hybridized carbons (Fsp3) is 0.462. The Balaban J connectivity index is 2.24. The molecule has 1 amide bonds. The molecule has 1 aliphatic rings. The van der Waals surface area contributed by atoms with Crippen LogP contribution in [0.2, 0.25) is 5.02 Å². The zero-order valence-corrected chi connectivity index (χ0v) is 11.3. The molecule has 1 fully saturated rings. The van der Waals surface area contributed by atoms with Crippen molar-refractivity contribution in [1.29, 1.82) is 0 Å². The molecule has 0 radical (unpaired) electrons. The Morgan fingerprint density at radius 3 is 2.72 bits per heavy atom. The molecule has 0 aliphatic heterocycles. The molecule has 0 atom stereocenters. The molecule has 0 spiro atoms. The highest BCUT2D eigenvalue weighted by molar-refractivity contribution is 6.32. The van der Waals surface area contributed by atoms with E-state index in [1.165, 1.54) is 0 Å². The number of hydrogen-bond acceptors (Lipinski definition) is 3. The van der Waals surface area contributed by atoms with Gasteiger partial charge in [0, 0.05) is 7.05 Å². The number of carbonyl (C=O) groups is 1. The van der Waals surface area contributed by atoms with Gasteiger partial charge in [-0.15, -0.1) is 0 Å². The van der Waals surface area contributed by atoms with Crippen molar-refractivity contribution in [3.8, 4) is 5.75 Å². The Morgan fingerprint density at radius 2 is 2.22 bits per heavy atom. The van der Waals surface area contributed by atoms with Crippen LogP contribution in [-0.4, -0.2) is 19.6 Å². The van der Waals surface area contributed by atoms with E-state index in [2.05, 4.69) is 10.9 Å². The lowest BCUT2D eigenvalue weighted by atomic mass is 9.95. The molecule has 2 rings (SSSR count). The first-order valence-electron chi connectivity index (χ1n) is 6.04. The largest absolute Gasteiger partial charge is 0.492 e. The predicted octanol–water partition coefficient (Wildman–Crippen LogP) is 2.02. The summed E-state index contributed by atoms with van der Waals surface area (Å²) in [6.07, 6.45) is 1.70. The standard InChI is InChI=1S/C13H17ClN2O2/c1-3-18-11-5-4-9(8-10(11)14)13(6-7-13)12(17)16-15-2/h4-5,8,15H,3,6-7H2,1-2H3,(H,16,17). The number of halogens is 1. The summed E-state index contributed by atoms with van der Waals surface area (Å²) in [6, 6.07) is 5.57. The first-order valence-corrected chi connectivity index (χ1v) is 6.42. The molecule has 1 aromatic rings. The fourth-order valence-electron chi connectivity index (χ4n) is 2.08. The van der Waals surface area contributed by atoms with Gasteiger partial charge >= 0.3 is 0 Å². The van der Waals surface area contributed by atoms with Crippen molar-refractivity contribution in [2.24, 2.45) is 0 Å². The van der Waals surface area contributed by atoms with Crippen molar-refractivity contribution in [3.05, 3.63) is 28.8 Å². The fourth-order valence-corrected chi connectivity index (χ4v) is 2.31. The van der Waals surface area contributed by atoms with E-state index in [0.717, 1.165) is 18.4 Å². The molecule has 0 heterocycles. The summed E-state index contributed by atoms with van der Waals surface area (Å²) in [5.74, 6) is 0.651. The van der Waals surface area contributed by atoms with Crippen LogP contribution in [0.25, 0.3) is 0 Å². The maximum absolute atomic E-state index is 12.0. The lowest BCUT2D eigenvalue weighted by Gasteiger charge is -2.16. The van der Waals surface area contributed by atoms with E-state index in [0.29, 0.717) is 17.4 Å². The molecule has 2 N–H and O–H groups in total. The average Bonchev–Trinajstić information content (AvgIpc) is 3.14. The predicted molar refractivity (Wildman–Crippen MR) is 70.7 cm³/mol. The van der Waals surface area contributed by atoms with Gasteiger partial charge < -0.3 is 4.74 Å². The van der Waals surface area contributed by atoms with Gasteiger partial charge in [0.2, 0.25) is 5.91 Å². The summed E-state index contributed by atoms with van der Waals surface area (Å²) in [5, 5.41) is 0.554. The van der Waals surface area contributed by atoms with E-state index in [4.69, 9.17) is 16.3 Å². The number of benzene rings is 1. The van der Waals surface area contributed by atoms with Gasteiger partial charge in [0.15, 0.2) is 0 Å². The highest BCUT2D eigenvalue weighted by Crippen LogP contribution is 2.49. The molecule has 4 nitrogen and oxygen atoms in total. The minimum atomic E-state index is -0.419. The minimum Gasteiger partial charge on any atom is -0.492 e. The Morgan fingerprint density at radius 1 is 1.50 bits per heavy atom. The summed E-state index contributed by atoms with van der Waals surface area (Å²) in [5.41, 5.74) is 5.84. The van der Waals surface area contributed by atoms with Gasteiger partial charge in [0.05, 0.1) is 17.0 Å². The van der Waals surface area contributed by atoms with Crippen LogP contribution in [-0.2, 0) is 10.2 Å². The van der Waals surface area contributed by atoms with Crippen LogP contribution < -0.4 is 15.6 Å². The molecule has 5 heteroatoms. The third kappa shape index (κ3) is 2.31. The first-order chi connectivity index (χ1) is 8.64. The van der Waals surface area contributed by atoms with E-state index in [9.17, 15) is 4.79 Å². The Kier molecular flexibility index (Phi) is 3.78. The highest BCUT2D eigenvalue weighted by atomic mass is 35.5. The lowest BCUT2D eigenvalue weighted by Crippen LogP contribution is -2.41. The van der Waals surface area contributed by atoms with Crippen molar-refractivity contribution in [2.75, 3.05) is 13.7 Å². The van der Waals surface area contributed by atoms with Crippen molar-refractivity contribution >= 4 is 17.5 Å². The number of hydrogen-bond donors (Lipinski definition) is 2. The van der Waals surface area contributed by atoms with Crippen LogP contribution in [0, 0.1) is 0 Å². The molecular weight excluding hydrogens is 252 g/mol. The average molecular weight is 269 g/mol. The van der Waals surface area contributed by atoms with Crippen LogP contribution in [0.15, 0.2) is 18.2 Å². The summed E-state index contributed by atoms with van der Waals surface area (Å²) < 4.78 is 5.39. The van der Waals surface area contributed by atoms with Crippen molar-refractivity contribution in [1.82, 2.24) is 10.9 Å². The molecule has 0 bridgehead atoms. The Hall–Kier alpha value is -1.26. The number of nitrogens with one attached hydrogen (secondary N) is 2. The van der Waals surface area contributed by atoms with Crippen LogP contribution in [0.5, 0.6) is 5.75 Å². The molecule has 18 heavy (non-hydrogen) atoms. The van der Waals surface area contributed by atoms with Crippen molar-refractivity contribution in [2.45, 2.75) is 25.2 Å². The van der Waals surface area contributed by atoms with Gasteiger partial charge in [-0.25, -0.2) is 5.43 Å². The second-order valence-corrected chi connectivity index (χ2v) is 4.77. The van der Waals surface area contributed by atoms with Crippen LogP contribution in [0.3, 0.4) is 0 Å². The first kappa shape index (κ1) is 13.2. The van der Waals surface area contributed by atoms with Gasteiger partial charge in [-0.3, -0.25) is 10.2 Å². The summed E-state index contributed by atoms with van der Waals surface area (Å²) in [6.45, 7) is 2.48. The zero-order chi connectivity index (χ0) is 13.2. The zero-order valence-electron chi connectivity index (χ0n) is 10.5. The second-order valence-electron chi connectivity index (χ2n) is 4.36. The topological polar surface area (TPSA) is 50.4 Å². The SMILES string of the molecule is CCOc1ccc(C2(C(=O)NNC)CC2)cc1Cl. The molecule has 98 valence electrons. The maximum Gasteiger partial charge on any atom is 0.244 e. The molecule has 0 saturated heterocycles. The van der Waals surface area contributed by atoms with Crippen molar-refractivity contribution in [3.63, 3.8) is 0 Å². The number of amides is 1. The van der Waals surface area contributed by atoms with Gasteiger partial charge in [-0.2, -0.15) is 0 Å². The van der Waals surface area contributed by atoms with Crippen molar-refractivity contribution < 1.29 is 9.53 Å². The number of ether oxygens (including phenoxy) is 1. The van der Waals surface area contributed by atoms with Gasteiger partial charge in [0.1, 0.15) is 5.75 Å². The Labute approximate surface area is 112 Å². The number of carbonyl (C=O) groups excluding carboxylic acids is 1. The molecule has 1 saturated carbocycles. The van der Waals surface area contributed by atoms with Crippen LogP contribution in [0.1, 0.15) is 25.3 Å². The molecule has 0 aromatic heterocycles. The Bertz CT molecular complexity index is 458. The third-order valence-corrected chi connectivity index (χ3v) is 3.50. The minimum absolute atomic E-state index is 0.00905. The molecular formula is C13H17ClN2O2. The van der Waals surface area contributed by atoms with E-state index in [-0.39, 0.29) is 5.91 Å². The summed E-state index contributed by atoms with van der Waals surface area (Å²) >= 11 is 6.15. The maximum atomic E-state index is 12.0. The van der Waals surface area contributed by atoms with Gasteiger partial charge in [-0.1, -0.05) is 17.7 Å². The van der Waals surface area contributed by atoms with Crippen LogP contribution >= 0.6 is 11.6 Å². The van der Waals surface area contributed by atoms with Gasteiger partial charge in [-0.05, 0) is 37.5 Å². The van der Waals surface area contributed by atoms with E-state index in [1.54, 1.807) is 7.05 Å². The monoisotopic (exact) mass is 268 g/mol. The molecule has 1 aliphatic carbocycles. The quantitative estimate of drug-likeness (QED) is 0.804. The summed E-state index contributed by atoms with van der Waals surface area (Å²) in [7, 11) is 1.68. The summed E-state index contributed by atoms with van der Waals surface area (Å²) in [4.78, 5) is 12.0. The van der Waals surface area contributed by atoms with E-state index >= 15 is 0 Å². The lowest BCUT2D eigenvalue weighted by molar-refractivity contribution is -0.124. The van der Waals surface area contributed by atoms with E-state index in [1.807, 2.05) is 25.1 Å². The third-order valence-electron chi connectivity index (χ3n) is 3.21.